The summed E-state index contributed by atoms with van der Waals surface area (Å²) in [6.45, 7) is 8.06. The number of benzene rings is 4. The summed E-state index contributed by atoms with van der Waals surface area (Å²) in [5, 5.41) is 2.90. The molecule has 0 radical (unpaired) electrons. The van der Waals surface area contributed by atoms with E-state index in [4.69, 9.17) is 4.55 Å². The fourth-order valence-corrected chi connectivity index (χ4v) is 3.78. The molecule has 2 unspecified atom stereocenters. The van der Waals surface area contributed by atoms with E-state index in [1.165, 1.54) is 22.3 Å². The van der Waals surface area contributed by atoms with Crippen LogP contribution in [0, 0.1) is 27.7 Å². The van der Waals surface area contributed by atoms with Crippen LogP contribution in [0.5, 0.6) is 0 Å². The zero-order chi connectivity index (χ0) is 27.9. The van der Waals surface area contributed by atoms with Gasteiger partial charge in [-0.15, -0.1) is 0 Å². The van der Waals surface area contributed by atoms with Gasteiger partial charge in [0, 0.05) is 5.56 Å². The quantitative estimate of drug-likeness (QED) is 0.206. The third kappa shape index (κ3) is 11.0. The van der Waals surface area contributed by atoms with Gasteiger partial charge >= 0.3 is 0 Å². The smallest absolute Gasteiger partial charge is 0.207 e. The minimum atomic E-state index is -1.84. The molecule has 6 heteroatoms. The number of amides is 1. The maximum Gasteiger partial charge on any atom is 0.207 e. The SMILES string of the molecule is Cc1ccc(C=O)cc1.Cc1ccc(CC(NC=O)c2ccc(C)cc2)cc1.Cc1ccc(S(=O)O)cc1. The number of aryl methyl sites for hydroxylation is 4. The highest BCUT2D eigenvalue weighted by Crippen LogP contribution is 2.19. The Morgan fingerprint density at radius 2 is 1.11 bits per heavy atom. The average molecular weight is 530 g/mol. The summed E-state index contributed by atoms with van der Waals surface area (Å²) in [4.78, 5) is 21.4. The third-order valence-electron chi connectivity index (χ3n) is 5.75. The lowest BCUT2D eigenvalue weighted by Gasteiger charge is -2.17. The van der Waals surface area contributed by atoms with Crippen LogP contribution in [0.2, 0.25) is 0 Å². The molecule has 0 aliphatic rings. The normalized spacial score (nSPS) is 11.5. The molecule has 38 heavy (non-hydrogen) atoms. The van der Waals surface area contributed by atoms with Gasteiger partial charge < -0.3 is 9.87 Å². The minimum Gasteiger partial charge on any atom is -0.352 e. The van der Waals surface area contributed by atoms with E-state index in [-0.39, 0.29) is 6.04 Å². The van der Waals surface area contributed by atoms with Crippen molar-refractivity contribution in [3.05, 3.63) is 136 Å². The lowest BCUT2D eigenvalue weighted by atomic mass is 9.98. The molecular formula is C32H35NO4S. The molecule has 0 aliphatic carbocycles. The van der Waals surface area contributed by atoms with Crippen LogP contribution >= 0.6 is 0 Å². The molecule has 4 aromatic rings. The molecule has 198 valence electrons. The van der Waals surface area contributed by atoms with E-state index < -0.39 is 11.1 Å². The number of carbonyl (C=O) groups is 2. The first-order valence-corrected chi connectivity index (χ1v) is 13.3. The van der Waals surface area contributed by atoms with Crippen molar-refractivity contribution in [1.29, 1.82) is 0 Å². The van der Waals surface area contributed by atoms with Gasteiger partial charge in [-0.2, -0.15) is 0 Å². The van der Waals surface area contributed by atoms with Crippen LogP contribution < -0.4 is 5.32 Å². The van der Waals surface area contributed by atoms with Gasteiger partial charge in [-0.05, 0) is 57.4 Å². The first kappa shape index (κ1) is 30.4. The maximum atomic E-state index is 10.8. The molecule has 4 aromatic carbocycles. The summed E-state index contributed by atoms with van der Waals surface area (Å²) in [5.74, 6) is 0. The fraction of sp³-hybridized carbons (Fsp3) is 0.188. The van der Waals surface area contributed by atoms with Crippen molar-refractivity contribution in [3.63, 3.8) is 0 Å². The summed E-state index contributed by atoms with van der Waals surface area (Å²) in [7, 11) is 0. The summed E-state index contributed by atoms with van der Waals surface area (Å²) >= 11 is -1.84. The fourth-order valence-electron chi connectivity index (χ4n) is 3.41. The highest BCUT2D eigenvalue weighted by atomic mass is 32.2. The molecule has 0 fully saturated rings. The highest BCUT2D eigenvalue weighted by Gasteiger charge is 2.11. The number of hydrogen-bond donors (Lipinski definition) is 2. The Bertz CT molecular complexity index is 1280. The first-order valence-electron chi connectivity index (χ1n) is 12.2. The van der Waals surface area contributed by atoms with Crippen LogP contribution in [-0.2, 0) is 22.3 Å². The Labute approximate surface area is 228 Å². The topological polar surface area (TPSA) is 83.5 Å². The number of carbonyl (C=O) groups excluding carboxylic acids is 2. The minimum absolute atomic E-state index is 0.0285. The van der Waals surface area contributed by atoms with Crippen LogP contribution in [0.4, 0.5) is 0 Å². The first-order chi connectivity index (χ1) is 18.2. The highest BCUT2D eigenvalue weighted by molar-refractivity contribution is 7.79. The van der Waals surface area contributed by atoms with E-state index in [0.29, 0.717) is 4.90 Å². The standard InChI is InChI=1S/C17H19NO.C8H8O.C7H8O2S/c1-13-3-7-15(8-4-13)11-17(18-12-19)16-9-5-14(2)6-10-16;1-7-2-4-8(6-9)5-3-7;1-6-2-4-7(5-3-6)10(8)9/h3-10,12,17H,11H2,1-2H3,(H,18,19);2-6H,1H3;2-5H,1H3,(H,8,9). The largest absolute Gasteiger partial charge is 0.352 e. The van der Waals surface area contributed by atoms with Crippen molar-refractivity contribution in [3.8, 4) is 0 Å². The number of aldehydes is 1. The lowest BCUT2D eigenvalue weighted by Crippen LogP contribution is -2.21. The predicted octanol–water partition coefficient (Wildman–Crippen LogP) is 6.72. The summed E-state index contributed by atoms with van der Waals surface area (Å²) < 4.78 is 19.0. The number of hydrogen-bond acceptors (Lipinski definition) is 3. The van der Waals surface area contributed by atoms with Crippen molar-refractivity contribution in [2.45, 2.75) is 45.1 Å². The molecule has 2 atom stereocenters. The van der Waals surface area contributed by atoms with Crippen molar-refractivity contribution in [2.75, 3.05) is 0 Å². The van der Waals surface area contributed by atoms with E-state index in [2.05, 4.69) is 67.7 Å². The van der Waals surface area contributed by atoms with Crippen LogP contribution in [-0.4, -0.2) is 21.5 Å². The average Bonchev–Trinajstić information content (AvgIpc) is 2.92. The second-order valence-electron chi connectivity index (χ2n) is 9.03. The molecule has 2 N–H and O–H groups in total. The van der Waals surface area contributed by atoms with E-state index in [9.17, 15) is 13.8 Å². The molecule has 4 rings (SSSR count). The van der Waals surface area contributed by atoms with Crippen LogP contribution in [0.25, 0.3) is 0 Å². The van der Waals surface area contributed by atoms with Crippen molar-refractivity contribution in [2.24, 2.45) is 0 Å². The monoisotopic (exact) mass is 529 g/mol. The molecule has 0 saturated heterocycles. The van der Waals surface area contributed by atoms with Crippen LogP contribution in [0.1, 0.15) is 49.8 Å². The van der Waals surface area contributed by atoms with E-state index in [0.717, 1.165) is 35.8 Å². The van der Waals surface area contributed by atoms with E-state index in [1.807, 2.05) is 50.2 Å². The molecular weight excluding hydrogens is 494 g/mol. The molecule has 1 amide bonds. The molecule has 0 spiro atoms. The molecule has 0 saturated carbocycles. The zero-order valence-electron chi connectivity index (χ0n) is 22.3. The van der Waals surface area contributed by atoms with Gasteiger partial charge in [-0.25, -0.2) is 4.21 Å². The van der Waals surface area contributed by atoms with Gasteiger partial charge in [0.2, 0.25) is 6.41 Å². The second-order valence-corrected chi connectivity index (χ2v) is 10.00. The Morgan fingerprint density at radius 3 is 1.53 bits per heavy atom. The van der Waals surface area contributed by atoms with Gasteiger partial charge in [0.25, 0.3) is 0 Å². The number of rotatable bonds is 7. The van der Waals surface area contributed by atoms with Gasteiger partial charge in [0.05, 0.1) is 10.9 Å². The van der Waals surface area contributed by atoms with E-state index >= 15 is 0 Å². The van der Waals surface area contributed by atoms with Gasteiger partial charge in [-0.1, -0.05) is 107 Å². The summed E-state index contributed by atoms with van der Waals surface area (Å²) in [6.07, 6.45) is 2.43. The Hall–Kier alpha value is -3.87. The van der Waals surface area contributed by atoms with Crippen LogP contribution in [0.3, 0.4) is 0 Å². The van der Waals surface area contributed by atoms with Crippen molar-refractivity contribution >= 4 is 23.8 Å². The van der Waals surface area contributed by atoms with Crippen molar-refractivity contribution < 1.29 is 18.4 Å². The summed E-state index contributed by atoms with van der Waals surface area (Å²) in [6, 6.07) is 31.1. The summed E-state index contributed by atoms with van der Waals surface area (Å²) in [5.41, 5.74) is 7.85. The van der Waals surface area contributed by atoms with Gasteiger partial charge in [-0.3, -0.25) is 9.59 Å². The second kappa shape index (κ2) is 16.1. The van der Waals surface area contributed by atoms with E-state index in [1.54, 1.807) is 12.1 Å². The van der Waals surface area contributed by atoms with Crippen molar-refractivity contribution in [1.82, 2.24) is 5.32 Å². The molecule has 0 heterocycles. The Kier molecular flexibility index (Phi) is 12.8. The predicted molar refractivity (Wildman–Crippen MR) is 155 cm³/mol. The van der Waals surface area contributed by atoms with Gasteiger partial charge in [0.15, 0.2) is 11.1 Å². The Balaban J connectivity index is 0.000000224. The Morgan fingerprint density at radius 1 is 0.684 bits per heavy atom. The van der Waals surface area contributed by atoms with Crippen LogP contribution in [0.15, 0.2) is 102 Å². The molecule has 5 nitrogen and oxygen atoms in total. The lowest BCUT2D eigenvalue weighted by molar-refractivity contribution is -0.110. The molecule has 0 bridgehead atoms. The number of nitrogens with one attached hydrogen (secondary N) is 1. The third-order valence-corrected chi connectivity index (χ3v) is 6.42. The molecule has 0 aromatic heterocycles. The van der Waals surface area contributed by atoms with Gasteiger partial charge in [0.1, 0.15) is 6.29 Å². The maximum absolute atomic E-state index is 10.8. The molecule has 0 aliphatic heterocycles. The zero-order valence-corrected chi connectivity index (χ0v) is 23.1.